The summed E-state index contributed by atoms with van der Waals surface area (Å²) in [5, 5.41) is 1.85. The maximum absolute atomic E-state index is 13.8. The molecule has 0 atom stereocenters. The lowest BCUT2D eigenvalue weighted by Crippen LogP contribution is -2.00. The Morgan fingerprint density at radius 1 is 0.938 bits per heavy atom. The van der Waals surface area contributed by atoms with Crippen LogP contribution in [-0.2, 0) is 19.4 Å². The van der Waals surface area contributed by atoms with Gasteiger partial charge < -0.3 is 4.57 Å². The number of hydrogen-bond donors (Lipinski definition) is 0. The average molecular weight is 431 g/mol. The van der Waals surface area contributed by atoms with Crippen LogP contribution in [0.3, 0.4) is 0 Å². The lowest BCUT2D eigenvalue weighted by Gasteiger charge is -2.10. The van der Waals surface area contributed by atoms with Crippen LogP contribution >= 0.6 is 0 Å². The highest BCUT2D eigenvalue weighted by Crippen LogP contribution is 2.36. The Labute approximate surface area is 185 Å². The molecule has 162 valence electrons. The zero-order valence-corrected chi connectivity index (χ0v) is 18.1. The molecule has 0 radical (unpaired) electrons. The summed E-state index contributed by atoms with van der Waals surface area (Å²) in [4.78, 5) is 9.26. The first-order chi connectivity index (χ1) is 15.6. The van der Waals surface area contributed by atoms with Crippen LogP contribution < -0.4 is 0 Å². The van der Waals surface area contributed by atoms with Gasteiger partial charge in [0.2, 0.25) is 0 Å². The van der Waals surface area contributed by atoms with E-state index in [1.807, 2.05) is 37.3 Å². The second-order valence-electron chi connectivity index (χ2n) is 7.94. The van der Waals surface area contributed by atoms with Crippen LogP contribution in [0.5, 0.6) is 0 Å². The third kappa shape index (κ3) is 3.36. The minimum Gasteiger partial charge on any atom is -0.328 e. The van der Waals surface area contributed by atoms with E-state index < -0.39 is 6.55 Å². The summed E-state index contributed by atoms with van der Waals surface area (Å²) in [6, 6.07) is 16.3. The number of hydrogen-bond acceptors (Lipinski definition) is 2. The fourth-order valence-electron chi connectivity index (χ4n) is 4.45. The van der Waals surface area contributed by atoms with Gasteiger partial charge in [-0.2, -0.15) is 8.78 Å². The van der Waals surface area contributed by atoms with Gasteiger partial charge in [-0.1, -0.05) is 44.2 Å². The third-order valence-electron chi connectivity index (χ3n) is 6.06. The van der Waals surface area contributed by atoms with E-state index in [4.69, 9.17) is 4.98 Å². The van der Waals surface area contributed by atoms with Gasteiger partial charge in [-0.15, -0.1) is 0 Å². The fraction of sp³-hybridized carbons (Fsp3) is 0.231. The second kappa shape index (κ2) is 8.19. The van der Waals surface area contributed by atoms with Crippen molar-refractivity contribution in [3.63, 3.8) is 0 Å². The summed E-state index contributed by atoms with van der Waals surface area (Å²) < 4.78 is 30.7. The number of alkyl halides is 2. The van der Waals surface area contributed by atoms with Crippen molar-refractivity contribution in [1.82, 2.24) is 19.1 Å². The summed E-state index contributed by atoms with van der Waals surface area (Å²) in [6.07, 6.45) is 6.71. The van der Waals surface area contributed by atoms with Crippen LogP contribution in [0.15, 0.2) is 67.1 Å². The molecule has 0 bridgehead atoms. The van der Waals surface area contributed by atoms with Crippen molar-refractivity contribution in [2.45, 2.75) is 39.8 Å². The molecule has 4 nitrogen and oxygen atoms in total. The first-order valence-electron chi connectivity index (χ1n) is 10.9. The Hall–Kier alpha value is -3.54. The molecule has 0 N–H and O–H groups in total. The highest BCUT2D eigenvalue weighted by molar-refractivity contribution is 5.97. The largest absolute Gasteiger partial charge is 0.328 e. The zero-order chi connectivity index (χ0) is 22.2. The van der Waals surface area contributed by atoms with E-state index in [1.54, 1.807) is 6.20 Å². The van der Waals surface area contributed by atoms with Gasteiger partial charge in [0.05, 0.1) is 5.69 Å². The predicted octanol–water partition coefficient (Wildman–Crippen LogP) is 6.62. The van der Waals surface area contributed by atoms with Gasteiger partial charge in [-0.25, -0.2) is 9.97 Å². The number of fused-ring (bicyclic) bond motifs is 2. The van der Waals surface area contributed by atoms with Crippen molar-refractivity contribution in [1.29, 1.82) is 0 Å². The fourth-order valence-corrected chi connectivity index (χ4v) is 4.45. The molecule has 0 unspecified atom stereocenters. The van der Waals surface area contributed by atoms with Crippen molar-refractivity contribution in [2.75, 3.05) is 0 Å². The van der Waals surface area contributed by atoms with Crippen LogP contribution in [0.2, 0.25) is 0 Å². The summed E-state index contributed by atoms with van der Waals surface area (Å²) in [5.41, 5.74) is 5.89. The van der Waals surface area contributed by atoms with Crippen LogP contribution in [-0.4, -0.2) is 19.1 Å². The quantitative estimate of drug-likeness (QED) is 0.303. The Morgan fingerprint density at radius 3 is 2.44 bits per heavy atom. The van der Waals surface area contributed by atoms with Crippen LogP contribution in [0.25, 0.3) is 33.3 Å². The number of halogens is 2. The van der Waals surface area contributed by atoms with Gasteiger partial charge in [-0.3, -0.25) is 4.57 Å². The van der Waals surface area contributed by atoms with E-state index in [0.717, 1.165) is 45.0 Å². The Kier molecular flexibility index (Phi) is 5.21. The molecule has 6 heteroatoms. The summed E-state index contributed by atoms with van der Waals surface area (Å²) in [6.45, 7) is 2.17. The standard InChI is InChI=1S/C26H24F2N4/c1-3-18-10-12-29-25-23(18)21(16-32(25)26(27)28)22-14-19(4-2)20-11-13-31(24(20)30-22)15-17-8-6-5-7-9-17/h5-14,16,26H,3-4,15H2,1-2H3. The van der Waals surface area contributed by atoms with E-state index >= 15 is 0 Å². The van der Waals surface area contributed by atoms with E-state index in [-0.39, 0.29) is 0 Å². The Balaban J connectivity index is 1.74. The molecule has 0 saturated carbocycles. The molecule has 5 aromatic rings. The van der Waals surface area contributed by atoms with Crippen molar-refractivity contribution in [3.8, 4) is 11.3 Å². The van der Waals surface area contributed by atoms with E-state index in [9.17, 15) is 8.78 Å². The van der Waals surface area contributed by atoms with Crippen molar-refractivity contribution in [3.05, 3.63) is 83.8 Å². The Bertz CT molecular complexity index is 1400. The highest BCUT2D eigenvalue weighted by atomic mass is 19.3. The number of pyridine rings is 2. The van der Waals surface area contributed by atoms with Gasteiger partial charge in [0.25, 0.3) is 0 Å². The summed E-state index contributed by atoms with van der Waals surface area (Å²) in [5.74, 6) is 0. The molecular formula is C26H24F2N4. The monoisotopic (exact) mass is 430 g/mol. The molecule has 0 saturated heterocycles. The number of aromatic nitrogens is 4. The van der Waals surface area contributed by atoms with Crippen molar-refractivity contribution >= 4 is 22.1 Å². The summed E-state index contributed by atoms with van der Waals surface area (Å²) >= 11 is 0. The molecule has 4 heterocycles. The van der Waals surface area contributed by atoms with Crippen molar-refractivity contribution < 1.29 is 8.78 Å². The number of benzene rings is 1. The van der Waals surface area contributed by atoms with E-state index in [2.05, 4.69) is 40.9 Å². The highest BCUT2D eigenvalue weighted by Gasteiger charge is 2.21. The molecule has 1 aromatic carbocycles. The number of nitrogens with zero attached hydrogens (tertiary/aromatic N) is 4. The van der Waals surface area contributed by atoms with Gasteiger partial charge >= 0.3 is 6.55 Å². The van der Waals surface area contributed by atoms with Crippen LogP contribution in [0, 0.1) is 0 Å². The molecule has 0 spiro atoms. The van der Waals surface area contributed by atoms with Crippen molar-refractivity contribution in [2.24, 2.45) is 0 Å². The van der Waals surface area contributed by atoms with Crippen LogP contribution in [0.4, 0.5) is 8.78 Å². The van der Waals surface area contributed by atoms with E-state index in [1.165, 1.54) is 11.8 Å². The first kappa shape index (κ1) is 20.4. The minimum absolute atomic E-state index is 0.300. The van der Waals surface area contributed by atoms with Gasteiger partial charge in [0.15, 0.2) is 0 Å². The van der Waals surface area contributed by atoms with Gasteiger partial charge in [0.1, 0.15) is 11.3 Å². The third-order valence-corrected chi connectivity index (χ3v) is 6.06. The molecule has 0 aliphatic carbocycles. The molecule has 0 aliphatic rings. The van der Waals surface area contributed by atoms with Crippen LogP contribution in [0.1, 0.15) is 37.1 Å². The molecule has 0 amide bonds. The molecule has 4 aromatic heterocycles. The number of aryl methyl sites for hydroxylation is 2. The Morgan fingerprint density at radius 2 is 1.72 bits per heavy atom. The topological polar surface area (TPSA) is 35.6 Å². The summed E-state index contributed by atoms with van der Waals surface area (Å²) in [7, 11) is 0. The molecule has 0 fully saturated rings. The normalized spacial score (nSPS) is 11.8. The SMILES string of the molecule is CCc1cc(-c2cn(C(F)F)c3nccc(CC)c23)nc2c1ccn2Cc1ccccc1. The molecule has 32 heavy (non-hydrogen) atoms. The van der Waals surface area contributed by atoms with Gasteiger partial charge in [0, 0.05) is 41.5 Å². The molecular weight excluding hydrogens is 406 g/mol. The predicted molar refractivity (Wildman–Crippen MR) is 124 cm³/mol. The van der Waals surface area contributed by atoms with E-state index in [0.29, 0.717) is 23.4 Å². The zero-order valence-electron chi connectivity index (χ0n) is 18.1. The average Bonchev–Trinajstić information content (AvgIpc) is 3.41. The maximum Gasteiger partial charge on any atom is 0.320 e. The molecule has 5 rings (SSSR count). The smallest absolute Gasteiger partial charge is 0.320 e. The lowest BCUT2D eigenvalue weighted by molar-refractivity contribution is 0.0747. The van der Waals surface area contributed by atoms with Gasteiger partial charge in [-0.05, 0) is 47.7 Å². The maximum atomic E-state index is 13.8. The number of rotatable bonds is 6. The molecule has 0 aliphatic heterocycles. The second-order valence-corrected chi connectivity index (χ2v) is 7.94. The minimum atomic E-state index is -2.66. The first-order valence-corrected chi connectivity index (χ1v) is 10.9. The lowest BCUT2D eigenvalue weighted by atomic mass is 10.0.